The maximum atomic E-state index is 12.9. The number of pyridine rings is 2. The van der Waals surface area contributed by atoms with Crippen molar-refractivity contribution in [1.82, 2.24) is 14.9 Å². The van der Waals surface area contributed by atoms with Crippen LogP contribution in [0.1, 0.15) is 35.9 Å². The normalized spacial score (nSPS) is 20.5. The molecule has 6 nitrogen and oxygen atoms in total. The van der Waals surface area contributed by atoms with Crippen molar-refractivity contribution < 1.29 is 23.0 Å². The van der Waals surface area contributed by atoms with Crippen LogP contribution in [0.4, 0.5) is 18.9 Å². The van der Waals surface area contributed by atoms with Gasteiger partial charge in [-0.2, -0.15) is 13.2 Å². The van der Waals surface area contributed by atoms with Gasteiger partial charge in [0.1, 0.15) is 18.0 Å². The Balaban J connectivity index is 1.59. The number of nitrogens with zero attached hydrogens (tertiary/aromatic N) is 3. The maximum absolute atomic E-state index is 12.9. The fourth-order valence-electron chi connectivity index (χ4n) is 4.31. The minimum absolute atomic E-state index is 0.106. The first-order chi connectivity index (χ1) is 16.5. The van der Waals surface area contributed by atoms with E-state index < -0.39 is 18.1 Å². The summed E-state index contributed by atoms with van der Waals surface area (Å²) in [4.78, 5) is 9.44. The summed E-state index contributed by atoms with van der Waals surface area (Å²) in [5.74, 6) is 0.194. The summed E-state index contributed by atoms with van der Waals surface area (Å²) >= 11 is 12.4. The molecule has 0 bridgehead atoms. The van der Waals surface area contributed by atoms with Gasteiger partial charge in [-0.15, -0.1) is 0 Å². The van der Waals surface area contributed by atoms with Crippen LogP contribution >= 0.6 is 23.2 Å². The number of aliphatic hydroxyl groups is 1. The number of rotatable bonds is 6. The van der Waals surface area contributed by atoms with Crippen molar-refractivity contribution >= 4 is 28.9 Å². The summed E-state index contributed by atoms with van der Waals surface area (Å²) in [5, 5.41) is 11.8. The molecule has 1 aromatic carbocycles. The van der Waals surface area contributed by atoms with E-state index in [4.69, 9.17) is 33.7 Å². The number of alkyl halides is 3. The lowest BCUT2D eigenvalue weighted by Crippen LogP contribution is -2.31. The van der Waals surface area contributed by atoms with E-state index >= 15 is 0 Å². The van der Waals surface area contributed by atoms with Gasteiger partial charge >= 0.3 is 6.18 Å². The smallest absolute Gasteiger partial charge is 0.433 e. The molecule has 3 heterocycles. The summed E-state index contributed by atoms with van der Waals surface area (Å²) in [5.41, 5.74) is 6.37. The highest BCUT2D eigenvalue weighted by Gasteiger charge is 2.41. The number of halogens is 5. The van der Waals surface area contributed by atoms with Crippen LogP contribution < -0.4 is 10.5 Å². The Labute approximate surface area is 210 Å². The van der Waals surface area contributed by atoms with E-state index in [1.807, 2.05) is 13.0 Å². The molecule has 0 radical (unpaired) electrons. The Hall–Kier alpha value is -2.59. The zero-order chi connectivity index (χ0) is 25.3. The molecule has 1 saturated heterocycles. The van der Waals surface area contributed by atoms with Crippen LogP contribution in [0, 0.1) is 5.92 Å². The largest absolute Gasteiger partial charge is 0.474 e. The standard InChI is InChI=1S/C24H23Cl2F3N4O2/c1-13(35-22-7-4-16(30)10-32-22)17-11-33(12-18(17)14-2-5-19(25)20(26)8-14)23(34)15-3-6-21(31-9-15)24(27,28)29/h2-10,13,17-18,23,34H,11-12,30H2,1H3/t13-,17+,18+,23?/m0/s1. The molecule has 4 atom stereocenters. The first-order valence-electron chi connectivity index (χ1n) is 10.8. The predicted octanol–water partition coefficient (Wildman–Crippen LogP) is 5.56. The molecule has 2 aromatic heterocycles. The summed E-state index contributed by atoms with van der Waals surface area (Å²) < 4.78 is 44.7. The van der Waals surface area contributed by atoms with Crippen LogP contribution in [0.25, 0.3) is 0 Å². The van der Waals surface area contributed by atoms with Gasteiger partial charge in [0.05, 0.1) is 21.9 Å². The highest BCUT2D eigenvalue weighted by molar-refractivity contribution is 6.42. The van der Waals surface area contributed by atoms with E-state index in [-0.39, 0.29) is 23.5 Å². The molecule has 0 saturated carbocycles. The molecule has 4 rings (SSSR count). The lowest BCUT2D eigenvalue weighted by Gasteiger charge is -2.26. The molecule has 0 amide bonds. The van der Waals surface area contributed by atoms with Crippen LogP contribution in [0.5, 0.6) is 5.88 Å². The number of benzene rings is 1. The second-order valence-electron chi connectivity index (χ2n) is 8.50. The molecule has 1 unspecified atom stereocenters. The molecule has 186 valence electrons. The molecular formula is C24H23Cl2F3N4O2. The zero-order valence-electron chi connectivity index (χ0n) is 18.6. The topological polar surface area (TPSA) is 84.5 Å². The van der Waals surface area contributed by atoms with Crippen LogP contribution in [0.3, 0.4) is 0 Å². The van der Waals surface area contributed by atoms with E-state index in [0.717, 1.165) is 17.8 Å². The quantitative estimate of drug-likeness (QED) is 0.437. The Kier molecular flexibility index (Phi) is 7.42. The lowest BCUT2D eigenvalue weighted by molar-refractivity contribution is -0.141. The highest BCUT2D eigenvalue weighted by atomic mass is 35.5. The number of anilines is 1. The van der Waals surface area contributed by atoms with E-state index in [2.05, 4.69) is 9.97 Å². The van der Waals surface area contributed by atoms with E-state index in [1.165, 1.54) is 12.3 Å². The number of ether oxygens (including phenoxy) is 1. The Bertz CT molecular complexity index is 1160. The van der Waals surface area contributed by atoms with Gasteiger partial charge in [0.2, 0.25) is 5.88 Å². The second-order valence-corrected chi connectivity index (χ2v) is 9.31. The first kappa shape index (κ1) is 25.5. The van der Waals surface area contributed by atoms with Crippen molar-refractivity contribution in [2.75, 3.05) is 18.8 Å². The number of hydrogen-bond acceptors (Lipinski definition) is 6. The Morgan fingerprint density at radius 1 is 1.06 bits per heavy atom. The average molecular weight is 527 g/mol. The van der Waals surface area contributed by atoms with Crippen LogP contribution in [-0.2, 0) is 6.18 Å². The Morgan fingerprint density at radius 2 is 1.83 bits per heavy atom. The summed E-state index contributed by atoms with van der Waals surface area (Å²) in [6.07, 6.45) is -3.48. The fraction of sp³-hybridized carbons (Fsp3) is 0.333. The molecule has 3 N–H and O–H groups in total. The molecule has 11 heteroatoms. The molecule has 1 aliphatic heterocycles. The number of aromatic nitrogens is 2. The maximum Gasteiger partial charge on any atom is 0.433 e. The molecule has 0 spiro atoms. The van der Waals surface area contributed by atoms with E-state index in [9.17, 15) is 18.3 Å². The predicted molar refractivity (Wildman–Crippen MR) is 127 cm³/mol. The number of nitrogens with two attached hydrogens (primary N) is 1. The summed E-state index contributed by atoms with van der Waals surface area (Å²) in [6, 6.07) is 10.8. The van der Waals surface area contributed by atoms with Crippen molar-refractivity contribution in [3.05, 3.63) is 81.7 Å². The van der Waals surface area contributed by atoms with Crippen LogP contribution in [0.15, 0.2) is 54.9 Å². The molecule has 1 aliphatic rings. The number of hydrogen-bond donors (Lipinski definition) is 2. The number of aliphatic hydroxyl groups excluding tert-OH is 1. The van der Waals surface area contributed by atoms with Crippen molar-refractivity contribution in [1.29, 1.82) is 0 Å². The zero-order valence-corrected chi connectivity index (χ0v) is 20.1. The van der Waals surface area contributed by atoms with Gasteiger partial charge in [-0.3, -0.25) is 9.88 Å². The molecular weight excluding hydrogens is 504 g/mol. The fourth-order valence-corrected chi connectivity index (χ4v) is 4.61. The van der Waals surface area contributed by atoms with E-state index in [1.54, 1.807) is 29.2 Å². The first-order valence-corrected chi connectivity index (χ1v) is 11.6. The average Bonchev–Trinajstić information content (AvgIpc) is 3.27. The molecule has 0 aliphatic carbocycles. The minimum atomic E-state index is -4.55. The van der Waals surface area contributed by atoms with Gasteiger partial charge in [-0.25, -0.2) is 4.98 Å². The van der Waals surface area contributed by atoms with Crippen LogP contribution in [-0.4, -0.2) is 39.2 Å². The van der Waals surface area contributed by atoms with Crippen molar-refractivity contribution in [2.45, 2.75) is 31.3 Å². The SMILES string of the molecule is C[C@H](Oc1ccc(N)cn1)[C@H]1CN(C(O)c2ccc(C(F)(F)F)nc2)C[C@@H]1c1ccc(Cl)c(Cl)c1. The number of nitrogen functional groups attached to an aromatic ring is 1. The highest BCUT2D eigenvalue weighted by Crippen LogP contribution is 2.41. The van der Waals surface area contributed by atoms with Gasteiger partial charge in [-0.1, -0.05) is 35.3 Å². The minimum Gasteiger partial charge on any atom is -0.474 e. The van der Waals surface area contributed by atoms with E-state index in [0.29, 0.717) is 34.7 Å². The van der Waals surface area contributed by atoms with Crippen molar-refractivity contribution in [3.63, 3.8) is 0 Å². The van der Waals surface area contributed by atoms with Crippen molar-refractivity contribution in [2.24, 2.45) is 5.92 Å². The second kappa shape index (κ2) is 10.2. The molecule has 1 fully saturated rings. The third-order valence-corrected chi connectivity index (χ3v) is 6.89. The summed E-state index contributed by atoms with van der Waals surface area (Å²) in [6.45, 7) is 2.72. The monoisotopic (exact) mass is 526 g/mol. The molecule has 35 heavy (non-hydrogen) atoms. The van der Waals surface area contributed by atoms with Gasteiger partial charge < -0.3 is 15.6 Å². The summed E-state index contributed by atoms with van der Waals surface area (Å²) in [7, 11) is 0. The van der Waals surface area contributed by atoms with Crippen LogP contribution in [0.2, 0.25) is 10.0 Å². The lowest BCUT2D eigenvalue weighted by atomic mass is 9.86. The third-order valence-electron chi connectivity index (χ3n) is 6.15. The van der Waals surface area contributed by atoms with Gasteiger partial charge in [0.15, 0.2) is 0 Å². The Morgan fingerprint density at radius 3 is 2.43 bits per heavy atom. The molecule has 3 aromatic rings. The van der Waals surface area contributed by atoms with Gasteiger partial charge in [0, 0.05) is 42.8 Å². The number of likely N-dealkylation sites (tertiary alicyclic amines) is 1. The third kappa shape index (κ3) is 5.81. The van der Waals surface area contributed by atoms with Gasteiger partial charge in [0.25, 0.3) is 0 Å². The van der Waals surface area contributed by atoms with Gasteiger partial charge in [-0.05, 0) is 36.8 Å². The van der Waals surface area contributed by atoms with Crippen molar-refractivity contribution in [3.8, 4) is 5.88 Å².